The van der Waals surface area contributed by atoms with Crippen molar-refractivity contribution in [2.45, 2.75) is 6.92 Å². The molecule has 30 heavy (non-hydrogen) atoms. The molecule has 0 bridgehead atoms. The van der Waals surface area contributed by atoms with Crippen LogP contribution in [0, 0.1) is 6.92 Å². The van der Waals surface area contributed by atoms with E-state index < -0.39 is 0 Å². The number of amides is 1. The van der Waals surface area contributed by atoms with Crippen LogP contribution in [0.5, 0.6) is 0 Å². The zero-order valence-corrected chi connectivity index (χ0v) is 16.9. The van der Waals surface area contributed by atoms with E-state index in [2.05, 4.69) is 39.1 Å². The number of anilines is 1. The first-order chi connectivity index (χ1) is 14.7. The number of para-hydroxylation sites is 1. The van der Waals surface area contributed by atoms with Crippen LogP contribution in [0.2, 0.25) is 0 Å². The van der Waals surface area contributed by atoms with Crippen LogP contribution in [0.3, 0.4) is 0 Å². The van der Waals surface area contributed by atoms with Gasteiger partial charge in [0.15, 0.2) is 5.82 Å². The Balaban J connectivity index is 1.25. The molecule has 6 nitrogen and oxygen atoms in total. The molecule has 0 atom stereocenters. The van der Waals surface area contributed by atoms with E-state index in [9.17, 15) is 4.79 Å². The van der Waals surface area contributed by atoms with Gasteiger partial charge in [0.2, 0.25) is 0 Å². The van der Waals surface area contributed by atoms with Gasteiger partial charge in [-0.2, -0.15) is 0 Å². The first-order valence-electron chi connectivity index (χ1n) is 10.2. The number of nitrogens with zero attached hydrogens (tertiary/aromatic N) is 4. The number of aromatic nitrogens is 3. The van der Waals surface area contributed by atoms with Gasteiger partial charge in [0.05, 0.1) is 5.69 Å². The van der Waals surface area contributed by atoms with Crippen LogP contribution < -0.4 is 4.90 Å². The van der Waals surface area contributed by atoms with Crippen molar-refractivity contribution in [2.75, 3.05) is 31.1 Å². The number of carbonyl (C=O) groups is 1. The van der Waals surface area contributed by atoms with Gasteiger partial charge in [0, 0.05) is 42.6 Å². The van der Waals surface area contributed by atoms with E-state index in [1.807, 2.05) is 59.5 Å². The summed E-state index contributed by atoms with van der Waals surface area (Å²) in [4.78, 5) is 20.2. The summed E-state index contributed by atoms with van der Waals surface area (Å²) in [6.45, 7) is 4.88. The van der Waals surface area contributed by atoms with Gasteiger partial charge >= 0.3 is 0 Å². The summed E-state index contributed by atoms with van der Waals surface area (Å²) in [7, 11) is 0. The van der Waals surface area contributed by atoms with Gasteiger partial charge in [-0.25, -0.2) is 0 Å². The highest BCUT2D eigenvalue weighted by Crippen LogP contribution is 2.23. The van der Waals surface area contributed by atoms with E-state index in [-0.39, 0.29) is 5.91 Å². The van der Waals surface area contributed by atoms with Crippen LogP contribution in [0.1, 0.15) is 16.1 Å². The summed E-state index contributed by atoms with van der Waals surface area (Å²) < 4.78 is 0. The summed E-state index contributed by atoms with van der Waals surface area (Å²) in [6.07, 6.45) is 0. The minimum atomic E-state index is 0.0480. The molecule has 1 fully saturated rings. The van der Waals surface area contributed by atoms with Crippen molar-refractivity contribution in [3.05, 3.63) is 78.0 Å². The van der Waals surface area contributed by atoms with Crippen LogP contribution in [-0.4, -0.2) is 52.2 Å². The van der Waals surface area contributed by atoms with Crippen molar-refractivity contribution < 1.29 is 4.79 Å². The van der Waals surface area contributed by atoms with Gasteiger partial charge in [-0.3, -0.25) is 4.79 Å². The lowest BCUT2D eigenvalue weighted by atomic mass is 10.1. The molecular weight excluding hydrogens is 374 g/mol. The lowest BCUT2D eigenvalue weighted by Gasteiger charge is -2.35. The Hall–Kier alpha value is -3.67. The number of fused-ring (bicyclic) bond motifs is 1. The number of hydrogen-bond donors (Lipinski definition) is 1. The van der Waals surface area contributed by atoms with E-state index in [4.69, 9.17) is 0 Å². The molecule has 4 aromatic rings. The molecule has 3 heterocycles. The minimum Gasteiger partial charge on any atom is -0.352 e. The largest absolute Gasteiger partial charge is 0.352 e. The van der Waals surface area contributed by atoms with Crippen LogP contribution in [0.4, 0.5) is 5.82 Å². The fourth-order valence-electron chi connectivity index (χ4n) is 4.00. The average Bonchev–Trinajstić information content (AvgIpc) is 3.24. The highest BCUT2D eigenvalue weighted by atomic mass is 16.2. The molecule has 0 spiro atoms. The van der Waals surface area contributed by atoms with Crippen LogP contribution >= 0.6 is 0 Å². The van der Waals surface area contributed by atoms with Gasteiger partial charge in [0.1, 0.15) is 5.69 Å². The molecule has 1 amide bonds. The smallest absolute Gasteiger partial charge is 0.270 e. The van der Waals surface area contributed by atoms with Crippen LogP contribution in [0.15, 0.2) is 66.7 Å². The van der Waals surface area contributed by atoms with E-state index >= 15 is 0 Å². The van der Waals surface area contributed by atoms with Crippen molar-refractivity contribution in [3.63, 3.8) is 0 Å². The molecule has 0 saturated carbocycles. The number of piperazine rings is 1. The van der Waals surface area contributed by atoms with Crippen LogP contribution in [0.25, 0.3) is 22.2 Å². The Morgan fingerprint density at radius 1 is 0.900 bits per heavy atom. The predicted octanol–water partition coefficient (Wildman–Crippen LogP) is 3.90. The average molecular weight is 397 g/mol. The Kier molecular flexibility index (Phi) is 4.67. The first-order valence-corrected chi connectivity index (χ1v) is 10.2. The standard InChI is InChI=1S/C24H23N5O/c1-17-6-2-4-8-19(17)21-10-11-23(27-26-21)28-12-14-29(15-13-28)24(30)22-16-18-7-3-5-9-20(18)25-22/h2-11,16,25H,12-15H2,1H3. The predicted molar refractivity (Wildman–Crippen MR) is 119 cm³/mol. The van der Waals surface area contributed by atoms with E-state index in [1.54, 1.807) is 0 Å². The number of benzene rings is 2. The van der Waals surface area contributed by atoms with Gasteiger partial charge in [-0.15, -0.1) is 10.2 Å². The number of aromatic amines is 1. The van der Waals surface area contributed by atoms with Gasteiger partial charge in [-0.05, 0) is 36.8 Å². The third-order valence-corrected chi connectivity index (χ3v) is 5.72. The second kappa shape index (κ2) is 7.63. The molecule has 2 aromatic carbocycles. The Bertz CT molecular complexity index is 1160. The molecule has 5 rings (SSSR count). The summed E-state index contributed by atoms with van der Waals surface area (Å²) in [5, 5.41) is 9.94. The molecule has 1 aliphatic heterocycles. The number of aryl methyl sites for hydroxylation is 1. The summed E-state index contributed by atoms with van der Waals surface area (Å²) in [5.74, 6) is 0.900. The molecule has 150 valence electrons. The first kappa shape index (κ1) is 18.4. The quantitative estimate of drug-likeness (QED) is 0.570. The van der Waals surface area contributed by atoms with Gasteiger partial charge in [-0.1, -0.05) is 42.5 Å². The van der Waals surface area contributed by atoms with Crippen molar-refractivity contribution in [3.8, 4) is 11.3 Å². The highest BCUT2D eigenvalue weighted by molar-refractivity contribution is 5.98. The number of hydrogen-bond acceptors (Lipinski definition) is 4. The SMILES string of the molecule is Cc1ccccc1-c1ccc(N2CCN(C(=O)c3cc4ccccc4[nH]3)CC2)nn1. The van der Waals surface area contributed by atoms with Crippen molar-refractivity contribution in [1.29, 1.82) is 0 Å². The van der Waals surface area contributed by atoms with E-state index in [1.165, 1.54) is 5.56 Å². The molecule has 1 N–H and O–H groups in total. The van der Waals surface area contributed by atoms with E-state index in [0.717, 1.165) is 41.1 Å². The molecule has 1 aliphatic rings. The third-order valence-electron chi connectivity index (χ3n) is 5.72. The highest BCUT2D eigenvalue weighted by Gasteiger charge is 2.24. The monoisotopic (exact) mass is 397 g/mol. The lowest BCUT2D eigenvalue weighted by molar-refractivity contribution is 0.0741. The third kappa shape index (κ3) is 3.41. The fraction of sp³-hybridized carbons (Fsp3) is 0.208. The van der Waals surface area contributed by atoms with Gasteiger partial charge in [0.25, 0.3) is 5.91 Å². The van der Waals surface area contributed by atoms with Crippen LogP contribution in [-0.2, 0) is 0 Å². The molecule has 0 aliphatic carbocycles. The zero-order chi connectivity index (χ0) is 20.5. The molecule has 0 radical (unpaired) electrons. The van der Waals surface area contributed by atoms with Crippen molar-refractivity contribution in [1.82, 2.24) is 20.1 Å². The molecular formula is C24H23N5O. The second-order valence-corrected chi connectivity index (χ2v) is 7.64. The second-order valence-electron chi connectivity index (χ2n) is 7.64. The topological polar surface area (TPSA) is 65.1 Å². The summed E-state index contributed by atoms with van der Waals surface area (Å²) >= 11 is 0. The molecule has 1 saturated heterocycles. The Morgan fingerprint density at radius 3 is 2.40 bits per heavy atom. The summed E-state index contributed by atoms with van der Waals surface area (Å²) in [6, 6.07) is 22.1. The maximum atomic E-state index is 12.9. The zero-order valence-electron chi connectivity index (χ0n) is 16.9. The van der Waals surface area contributed by atoms with E-state index in [0.29, 0.717) is 18.8 Å². The number of carbonyl (C=O) groups excluding carboxylic acids is 1. The van der Waals surface area contributed by atoms with Gasteiger partial charge < -0.3 is 14.8 Å². The summed E-state index contributed by atoms with van der Waals surface area (Å²) in [5.41, 5.74) is 4.80. The number of rotatable bonds is 3. The minimum absolute atomic E-state index is 0.0480. The van der Waals surface area contributed by atoms with Crippen molar-refractivity contribution in [2.24, 2.45) is 0 Å². The molecule has 6 heteroatoms. The normalized spacial score (nSPS) is 14.3. The molecule has 2 aromatic heterocycles. The fourth-order valence-corrected chi connectivity index (χ4v) is 4.00. The lowest BCUT2D eigenvalue weighted by Crippen LogP contribution is -2.49. The number of H-pyrrole nitrogens is 1. The molecule has 0 unspecified atom stereocenters. The number of nitrogens with one attached hydrogen (secondary N) is 1. The maximum absolute atomic E-state index is 12.9. The van der Waals surface area contributed by atoms with Crippen molar-refractivity contribution >= 4 is 22.6 Å². The Labute approximate surface area is 175 Å². The maximum Gasteiger partial charge on any atom is 0.270 e. The Morgan fingerprint density at radius 2 is 1.67 bits per heavy atom.